The summed E-state index contributed by atoms with van der Waals surface area (Å²) in [5, 5.41) is 29.4. The lowest BCUT2D eigenvalue weighted by Crippen LogP contribution is -3.15. The molecule has 1 heterocycles. The van der Waals surface area contributed by atoms with Crippen LogP contribution in [0.3, 0.4) is 0 Å². The van der Waals surface area contributed by atoms with E-state index in [2.05, 4.69) is 16.0 Å². The first-order chi connectivity index (χ1) is 20.2. The van der Waals surface area contributed by atoms with Crippen LogP contribution < -0.4 is 25.6 Å². The summed E-state index contributed by atoms with van der Waals surface area (Å²) in [5.41, 5.74) is 0.817. The van der Waals surface area contributed by atoms with E-state index in [0.29, 0.717) is 31.3 Å². The minimum absolute atomic E-state index is 0.201. The SMILES string of the molecule is COc1ccc(C[C@H](NC(=O)[C@@H](C)NC(=O)C[NH+]2CCOCC2)C(=O)N[C@@H](CC2CCCCC2)[C@@H](O)[C@H](C)CO)cc1. The number of carbonyl (C=O) groups excluding carboxylic acids is 3. The van der Waals surface area contributed by atoms with Crippen molar-refractivity contribution in [2.45, 2.75) is 83.0 Å². The summed E-state index contributed by atoms with van der Waals surface area (Å²) >= 11 is 0. The van der Waals surface area contributed by atoms with Crippen molar-refractivity contribution in [2.24, 2.45) is 11.8 Å². The fourth-order valence-electron chi connectivity index (χ4n) is 5.78. The molecule has 5 atom stereocenters. The van der Waals surface area contributed by atoms with E-state index in [1.165, 1.54) is 6.42 Å². The van der Waals surface area contributed by atoms with Gasteiger partial charge in [-0.05, 0) is 37.0 Å². The number of aliphatic hydroxyl groups is 2. The smallest absolute Gasteiger partial charge is 0.275 e. The zero-order valence-electron chi connectivity index (χ0n) is 25.4. The molecule has 3 rings (SSSR count). The van der Waals surface area contributed by atoms with Crippen molar-refractivity contribution < 1.29 is 39.0 Å². The molecule has 1 aliphatic heterocycles. The Morgan fingerprint density at radius 2 is 1.67 bits per heavy atom. The van der Waals surface area contributed by atoms with Crippen LogP contribution >= 0.6 is 0 Å². The maximum atomic E-state index is 13.8. The van der Waals surface area contributed by atoms with Crippen LogP contribution in [0.25, 0.3) is 0 Å². The molecule has 6 N–H and O–H groups in total. The third kappa shape index (κ3) is 10.8. The maximum Gasteiger partial charge on any atom is 0.275 e. The highest BCUT2D eigenvalue weighted by molar-refractivity contribution is 5.92. The Kier molecular flexibility index (Phi) is 14.0. The van der Waals surface area contributed by atoms with Gasteiger partial charge in [0.15, 0.2) is 6.54 Å². The summed E-state index contributed by atoms with van der Waals surface area (Å²) < 4.78 is 10.6. The maximum absolute atomic E-state index is 13.8. The van der Waals surface area contributed by atoms with Gasteiger partial charge in [0.25, 0.3) is 5.91 Å². The van der Waals surface area contributed by atoms with Gasteiger partial charge in [0.05, 0.1) is 32.5 Å². The number of quaternary nitrogens is 1. The number of nitrogens with one attached hydrogen (secondary N) is 4. The molecule has 1 saturated heterocycles. The van der Waals surface area contributed by atoms with Crippen LogP contribution in [0.1, 0.15) is 57.9 Å². The van der Waals surface area contributed by atoms with Gasteiger partial charge in [-0.2, -0.15) is 0 Å². The van der Waals surface area contributed by atoms with Gasteiger partial charge in [-0.25, -0.2) is 0 Å². The number of rotatable bonds is 15. The Morgan fingerprint density at radius 1 is 1.00 bits per heavy atom. The van der Waals surface area contributed by atoms with Crippen LogP contribution in [-0.4, -0.2) is 98.7 Å². The topological polar surface area (TPSA) is 151 Å². The average Bonchev–Trinajstić information content (AvgIpc) is 3.00. The number of methoxy groups -OCH3 is 1. The normalized spacial score (nSPS) is 20.0. The summed E-state index contributed by atoms with van der Waals surface area (Å²) in [4.78, 5) is 40.7. The van der Waals surface area contributed by atoms with Crippen LogP contribution in [0.15, 0.2) is 24.3 Å². The highest BCUT2D eigenvalue weighted by Crippen LogP contribution is 2.29. The van der Waals surface area contributed by atoms with Gasteiger partial charge in [-0.1, -0.05) is 51.2 Å². The Bertz CT molecular complexity index is 980. The molecule has 1 aliphatic carbocycles. The number of aliphatic hydroxyl groups excluding tert-OH is 2. The molecule has 1 aromatic rings. The standard InChI is InChI=1S/C31H50N4O7/c1-21(20-36)29(38)26(17-23-7-5-4-6-8-23)33-31(40)27(18-24-9-11-25(41-3)12-10-24)34-30(39)22(2)32-28(37)19-35-13-15-42-16-14-35/h9-12,21-23,26-27,29,36,38H,4-8,13-20H2,1-3H3,(H,32,37)(H,33,40)(H,34,39)/p+1/t21-,22-,26+,27+,29+/m1/s1. The lowest BCUT2D eigenvalue weighted by molar-refractivity contribution is -0.900. The van der Waals surface area contributed by atoms with E-state index in [-0.39, 0.29) is 25.5 Å². The predicted octanol–water partition coefficient (Wildman–Crippen LogP) is -0.413. The summed E-state index contributed by atoms with van der Waals surface area (Å²) in [6.45, 7) is 6.09. The quantitative estimate of drug-likeness (QED) is 0.162. The molecule has 11 heteroatoms. The number of carbonyl (C=O) groups is 3. The molecule has 1 saturated carbocycles. The molecule has 0 bridgehead atoms. The molecule has 2 fully saturated rings. The lowest BCUT2D eigenvalue weighted by atomic mass is 9.82. The molecule has 0 unspecified atom stereocenters. The zero-order chi connectivity index (χ0) is 30.5. The number of morpholine rings is 1. The second-order valence-corrected chi connectivity index (χ2v) is 11.9. The van der Waals surface area contributed by atoms with Gasteiger partial charge in [-0.15, -0.1) is 0 Å². The van der Waals surface area contributed by atoms with Gasteiger partial charge in [-0.3, -0.25) is 14.4 Å². The van der Waals surface area contributed by atoms with Crippen molar-refractivity contribution in [3.8, 4) is 5.75 Å². The number of ether oxygens (including phenoxy) is 2. The van der Waals surface area contributed by atoms with Crippen LogP contribution in [-0.2, 0) is 25.5 Å². The molecule has 0 radical (unpaired) electrons. The largest absolute Gasteiger partial charge is 0.497 e. The lowest BCUT2D eigenvalue weighted by Gasteiger charge is -2.33. The van der Waals surface area contributed by atoms with E-state index in [9.17, 15) is 24.6 Å². The third-order valence-corrected chi connectivity index (χ3v) is 8.54. The van der Waals surface area contributed by atoms with Crippen LogP contribution in [0.2, 0.25) is 0 Å². The van der Waals surface area contributed by atoms with Crippen LogP contribution in [0.5, 0.6) is 5.75 Å². The second-order valence-electron chi connectivity index (χ2n) is 11.9. The minimum Gasteiger partial charge on any atom is -0.497 e. The van der Waals surface area contributed by atoms with E-state index < -0.39 is 42.0 Å². The van der Waals surface area contributed by atoms with Gasteiger partial charge < -0.3 is 40.5 Å². The molecule has 11 nitrogen and oxygen atoms in total. The van der Waals surface area contributed by atoms with Crippen molar-refractivity contribution in [1.82, 2.24) is 16.0 Å². The first kappa shape index (κ1) is 33.8. The van der Waals surface area contributed by atoms with E-state index >= 15 is 0 Å². The predicted molar refractivity (Wildman–Crippen MR) is 158 cm³/mol. The number of hydrogen-bond acceptors (Lipinski definition) is 7. The van der Waals surface area contributed by atoms with E-state index in [4.69, 9.17) is 9.47 Å². The molecule has 1 aromatic carbocycles. The number of amides is 3. The first-order valence-electron chi connectivity index (χ1n) is 15.4. The van der Waals surface area contributed by atoms with Crippen molar-refractivity contribution in [2.75, 3.05) is 46.6 Å². The van der Waals surface area contributed by atoms with Crippen LogP contribution in [0, 0.1) is 11.8 Å². The van der Waals surface area contributed by atoms with E-state index in [1.807, 2.05) is 12.1 Å². The number of hydrogen-bond donors (Lipinski definition) is 6. The molecule has 0 aromatic heterocycles. The highest BCUT2D eigenvalue weighted by Gasteiger charge is 2.33. The minimum atomic E-state index is -0.944. The number of benzene rings is 1. The molecule has 236 valence electrons. The van der Waals surface area contributed by atoms with E-state index in [1.54, 1.807) is 33.1 Å². The van der Waals surface area contributed by atoms with Gasteiger partial charge in [0, 0.05) is 18.9 Å². The fraction of sp³-hybridized carbons (Fsp3) is 0.710. The molecule has 3 amide bonds. The van der Waals surface area contributed by atoms with Crippen molar-refractivity contribution >= 4 is 17.7 Å². The monoisotopic (exact) mass is 591 g/mol. The molecule has 42 heavy (non-hydrogen) atoms. The average molecular weight is 592 g/mol. The molecule has 2 aliphatic rings. The molecular formula is C31H51N4O7+. The van der Waals surface area contributed by atoms with Gasteiger partial charge >= 0.3 is 0 Å². The highest BCUT2D eigenvalue weighted by atomic mass is 16.5. The first-order valence-corrected chi connectivity index (χ1v) is 15.4. The van der Waals surface area contributed by atoms with E-state index in [0.717, 1.165) is 49.2 Å². The summed E-state index contributed by atoms with van der Waals surface area (Å²) in [5.74, 6) is -0.488. The Hall–Kier alpha value is -2.73. The zero-order valence-corrected chi connectivity index (χ0v) is 25.4. The molecule has 0 spiro atoms. The Labute approximate surface area is 249 Å². The second kappa shape index (κ2) is 17.4. The molecular weight excluding hydrogens is 540 g/mol. The Balaban J connectivity index is 1.71. The third-order valence-electron chi connectivity index (χ3n) is 8.54. The summed E-state index contributed by atoms with van der Waals surface area (Å²) in [6, 6.07) is 4.91. The van der Waals surface area contributed by atoms with Crippen molar-refractivity contribution in [1.29, 1.82) is 0 Å². The van der Waals surface area contributed by atoms with Crippen LogP contribution in [0.4, 0.5) is 0 Å². The van der Waals surface area contributed by atoms with Gasteiger partial charge in [0.1, 0.15) is 30.9 Å². The summed E-state index contributed by atoms with van der Waals surface area (Å²) in [6.07, 6.45) is 5.43. The van der Waals surface area contributed by atoms with Crippen molar-refractivity contribution in [3.05, 3.63) is 29.8 Å². The van der Waals surface area contributed by atoms with Crippen molar-refractivity contribution in [3.63, 3.8) is 0 Å². The summed E-state index contributed by atoms with van der Waals surface area (Å²) in [7, 11) is 1.58. The Morgan fingerprint density at radius 3 is 2.29 bits per heavy atom. The fourth-order valence-corrected chi connectivity index (χ4v) is 5.78. The van der Waals surface area contributed by atoms with Gasteiger partial charge in [0.2, 0.25) is 11.8 Å².